The summed E-state index contributed by atoms with van der Waals surface area (Å²) in [4.78, 5) is 11.7. The van der Waals surface area contributed by atoms with Crippen molar-refractivity contribution in [2.75, 3.05) is 13.2 Å². The van der Waals surface area contributed by atoms with Crippen LogP contribution in [0.4, 0.5) is 0 Å². The molecule has 3 unspecified atom stereocenters. The first-order chi connectivity index (χ1) is 6.31. The highest BCUT2D eigenvalue weighted by Gasteiger charge is 2.42. The maximum absolute atomic E-state index is 11.7. The van der Waals surface area contributed by atoms with E-state index in [1.54, 1.807) is 0 Å². The van der Waals surface area contributed by atoms with Gasteiger partial charge in [-0.3, -0.25) is 4.79 Å². The number of Topliss-reactive ketones (excluding diaryl/α,β-unsaturated/α-hetero) is 1. The van der Waals surface area contributed by atoms with E-state index in [0.29, 0.717) is 30.8 Å². The molecular formula is C11H18O2. The van der Waals surface area contributed by atoms with Gasteiger partial charge in [-0.1, -0.05) is 6.42 Å². The minimum absolute atomic E-state index is 0.352. The predicted octanol–water partition coefficient (Wildman–Crippen LogP) is 2.03. The van der Waals surface area contributed by atoms with Crippen molar-refractivity contribution < 1.29 is 9.53 Å². The van der Waals surface area contributed by atoms with Crippen molar-refractivity contribution in [3.05, 3.63) is 0 Å². The number of fused-ring (bicyclic) bond motifs is 2. The summed E-state index contributed by atoms with van der Waals surface area (Å²) in [5.74, 6) is 2.28. The lowest BCUT2D eigenvalue weighted by Gasteiger charge is -2.19. The summed E-state index contributed by atoms with van der Waals surface area (Å²) in [6.07, 6.45) is 5.11. The molecule has 2 bridgehead atoms. The number of hydrogen-bond donors (Lipinski definition) is 0. The third-order valence-corrected chi connectivity index (χ3v) is 3.60. The number of carbonyl (C=O) groups is 1. The maximum Gasteiger partial charge on any atom is 0.161 e. The van der Waals surface area contributed by atoms with E-state index in [0.717, 1.165) is 12.3 Å². The maximum atomic E-state index is 11.7. The first-order valence-electron chi connectivity index (χ1n) is 5.41. The van der Waals surface area contributed by atoms with Gasteiger partial charge in [-0.15, -0.1) is 0 Å². The van der Waals surface area contributed by atoms with E-state index in [2.05, 4.69) is 0 Å². The Morgan fingerprint density at radius 1 is 1.38 bits per heavy atom. The van der Waals surface area contributed by atoms with Crippen LogP contribution in [0.1, 0.15) is 32.6 Å². The van der Waals surface area contributed by atoms with Gasteiger partial charge in [0.15, 0.2) is 5.78 Å². The Kier molecular flexibility index (Phi) is 2.68. The Balaban J connectivity index is 1.84. The molecular weight excluding hydrogens is 164 g/mol. The van der Waals surface area contributed by atoms with Crippen LogP contribution in [0.2, 0.25) is 0 Å². The van der Waals surface area contributed by atoms with E-state index in [-0.39, 0.29) is 0 Å². The largest absolute Gasteiger partial charge is 0.374 e. The fraction of sp³-hybridized carbons (Fsp3) is 0.909. The molecule has 2 aliphatic rings. The molecule has 0 aromatic rings. The lowest BCUT2D eigenvalue weighted by Crippen LogP contribution is -2.24. The lowest BCUT2D eigenvalue weighted by molar-refractivity contribution is -0.128. The average molecular weight is 182 g/mol. The molecule has 2 rings (SSSR count). The molecule has 0 amide bonds. The predicted molar refractivity (Wildman–Crippen MR) is 50.4 cm³/mol. The summed E-state index contributed by atoms with van der Waals surface area (Å²) in [6.45, 7) is 2.95. The van der Waals surface area contributed by atoms with Crippen LogP contribution in [0.15, 0.2) is 0 Å². The Labute approximate surface area is 79.7 Å². The molecule has 0 radical (unpaired) electrons. The van der Waals surface area contributed by atoms with Crippen molar-refractivity contribution in [2.45, 2.75) is 32.6 Å². The smallest absolute Gasteiger partial charge is 0.161 e. The van der Waals surface area contributed by atoms with E-state index in [4.69, 9.17) is 4.74 Å². The molecule has 74 valence electrons. The molecule has 3 atom stereocenters. The molecule has 0 heterocycles. The van der Waals surface area contributed by atoms with Crippen LogP contribution in [-0.2, 0) is 9.53 Å². The Morgan fingerprint density at radius 3 is 2.77 bits per heavy atom. The van der Waals surface area contributed by atoms with Crippen LogP contribution >= 0.6 is 0 Å². The summed E-state index contributed by atoms with van der Waals surface area (Å²) in [7, 11) is 0. The van der Waals surface area contributed by atoms with Crippen molar-refractivity contribution >= 4 is 5.78 Å². The molecule has 13 heavy (non-hydrogen) atoms. The second-order valence-electron chi connectivity index (χ2n) is 4.38. The molecule has 2 saturated carbocycles. The average Bonchev–Trinajstić information content (AvgIpc) is 2.74. The van der Waals surface area contributed by atoms with Gasteiger partial charge in [-0.25, -0.2) is 0 Å². The highest BCUT2D eigenvalue weighted by Crippen LogP contribution is 2.48. The zero-order valence-electron chi connectivity index (χ0n) is 8.29. The van der Waals surface area contributed by atoms with Crippen molar-refractivity contribution in [3.63, 3.8) is 0 Å². The molecule has 2 heteroatoms. The van der Waals surface area contributed by atoms with Crippen molar-refractivity contribution in [3.8, 4) is 0 Å². The Morgan fingerprint density at radius 2 is 2.23 bits per heavy atom. The fourth-order valence-corrected chi connectivity index (χ4v) is 2.95. The van der Waals surface area contributed by atoms with E-state index in [9.17, 15) is 4.79 Å². The fourth-order valence-electron chi connectivity index (χ4n) is 2.95. The van der Waals surface area contributed by atoms with Crippen LogP contribution in [-0.4, -0.2) is 19.0 Å². The molecule has 2 fully saturated rings. The van der Waals surface area contributed by atoms with E-state index in [1.165, 1.54) is 19.3 Å². The van der Waals surface area contributed by atoms with Crippen molar-refractivity contribution in [1.82, 2.24) is 0 Å². The summed E-state index contributed by atoms with van der Waals surface area (Å²) in [6, 6.07) is 0. The zero-order valence-corrected chi connectivity index (χ0v) is 8.29. The van der Waals surface area contributed by atoms with Crippen LogP contribution in [0, 0.1) is 17.8 Å². The number of ether oxygens (including phenoxy) is 1. The van der Waals surface area contributed by atoms with Gasteiger partial charge in [0.2, 0.25) is 0 Å². The van der Waals surface area contributed by atoms with Gasteiger partial charge in [-0.05, 0) is 38.0 Å². The van der Waals surface area contributed by atoms with Crippen LogP contribution in [0.5, 0.6) is 0 Å². The standard InChI is InChI=1S/C11H18O2/c1-2-13-7-11(12)10-6-8-3-4-9(10)5-8/h8-10H,2-7H2,1H3. The van der Waals surface area contributed by atoms with Gasteiger partial charge in [0, 0.05) is 12.5 Å². The Hall–Kier alpha value is -0.370. The second kappa shape index (κ2) is 3.79. The van der Waals surface area contributed by atoms with Gasteiger partial charge >= 0.3 is 0 Å². The first-order valence-corrected chi connectivity index (χ1v) is 5.41. The van der Waals surface area contributed by atoms with Crippen molar-refractivity contribution in [2.24, 2.45) is 17.8 Å². The second-order valence-corrected chi connectivity index (χ2v) is 4.38. The summed E-state index contributed by atoms with van der Waals surface area (Å²) < 4.78 is 5.17. The summed E-state index contributed by atoms with van der Waals surface area (Å²) >= 11 is 0. The van der Waals surface area contributed by atoms with Gasteiger partial charge < -0.3 is 4.74 Å². The van der Waals surface area contributed by atoms with Crippen LogP contribution < -0.4 is 0 Å². The van der Waals surface area contributed by atoms with Crippen LogP contribution in [0.3, 0.4) is 0 Å². The van der Waals surface area contributed by atoms with Gasteiger partial charge in [0.1, 0.15) is 6.61 Å². The van der Waals surface area contributed by atoms with E-state index >= 15 is 0 Å². The topological polar surface area (TPSA) is 26.3 Å². The normalized spacial score (nSPS) is 36.8. The molecule has 0 saturated heterocycles. The molecule has 0 aromatic heterocycles. The minimum Gasteiger partial charge on any atom is -0.374 e. The number of ketones is 1. The third-order valence-electron chi connectivity index (χ3n) is 3.60. The highest BCUT2D eigenvalue weighted by atomic mass is 16.5. The minimum atomic E-state index is 0.352. The lowest BCUT2D eigenvalue weighted by atomic mass is 9.86. The number of carbonyl (C=O) groups excluding carboxylic acids is 1. The SMILES string of the molecule is CCOCC(=O)C1CC2CCC1C2. The van der Waals surface area contributed by atoms with E-state index < -0.39 is 0 Å². The van der Waals surface area contributed by atoms with Crippen molar-refractivity contribution in [1.29, 1.82) is 0 Å². The van der Waals surface area contributed by atoms with Gasteiger partial charge in [0.05, 0.1) is 0 Å². The third kappa shape index (κ3) is 1.78. The highest BCUT2D eigenvalue weighted by molar-refractivity contribution is 5.83. The zero-order chi connectivity index (χ0) is 9.26. The van der Waals surface area contributed by atoms with Gasteiger partial charge in [-0.2, -0.15) is 0 Å². The molecule has 2 aliphatic carbocycles. The molecule has 0 N–H and O–H groups in total. The van der Waals surface area contributed by atoms with Crippen LogP contribution in [0.25, 0.3) is 0 Å². The quantitative estimate of drug-likeness (QED) is 0.665. The number of hydrogen-bond acceptors (Lipinski definition) is 2. The summed E-state index contributed by atoms with van der Waals surface area (Å²) in [5, 5.41) is 0. The van der Waals surface area contributed by atoms with E-state index in [1.807, 2.05) is 6.92 Å². The Bertz CT molecular complexity index is 200. The molecule has 0 aliphatic heterocycles. The molecule has 0 aromatic carbocycles. The van der Waals surface area contributed by atoms with Gasteiger partial charge in [0.25, 0.3) is 0 Å². The number of rotatable bonds is 4. The first kappa shape index (κ1) is 9.20. The summed E-state index contributed by atoms with van der Waals surface area (Å²) in [5.41, 5.74) is 0. The molecule has 2 nitrogen and oxygen atoms in total. The monoisotopic (exact) mass is 182 g/mol. The molecule has 0 spiro atoms.